The number of phenols is 1. The zero-order chi connectivity index (χ0) is 80.3. The molecule has 0 aromatic heterocycles. The first kappa shape index (κ1) is 89.8. The number of likely N-dealkylation sites (tertiary alicyclic amines) is 1. The van der Waals surface area contributed by atoms with Gasteiger partial charge in [-0.25, -0.2) is 0 Å². The average Bonchev–Trinajstić information content (AvgIpc) is 1.72. The Hall–Kier alpha value is -8.05. The molecular weight excluding hydrogens is 1430 g/mol. The number of hydrogen-bond acceptors (Lipinski definition) is 21. The molecule has 2 aromatic carbocycles. The summed E-state index contributed by atoms with van der Waals surface area (Å²) in [6.07, 6.45) is -3.92. The van der Waals surface area contributed by atoms with Gasteiger partial charge < -0.3 is 103 Å². The van der Waals surface area contributed by atoms with Crippen molar-refractivity contribution in [2.75, 3.05) is 38.2 Å². The third-order valence-electron chi connectivity index (χ3n) is 21.4. The molecular formula is C76H118N12O20S. The van der Waals surface area contributed by atoms with Gasteiger partial charge in [-0.1, -0.05) is 128 Å². The van der Waals surface area contributed by atoms with Gasteiger partial charge in [-0.15, -0.1) is 0 Å². The van der Waals surface area contributed by atoms with Gasteiger partial charge in [-0.05, 0) is 105 Å². The predicted molar refractivity (Wildman–Crippen MR) is 402 cm³/mol. The van der Waals surface area contributed by atoms with Crippen molar-refractivity contribution in [3.8, 4) is 5.75 Å². The average molecular weight is 1550 g/mol. The second-order valence-corrected chi connectivity index (χ2v) is 31.0. The van der Waals surface area contributed by atoms with Crippen LogP contribution in [0.5, 0.6) is 5.75 Å². The molecule has 0 bridgehead atoms. The summed E-state index contributed by atoms with van der Waals surface area (Å²) in [5.41, 5.74) is 0.492. The lowest BCUT2D eigenvalue weighted by atomic mass is 9.91. The predicted octanol–water partition coefficient (Wildman–Crippen LogP) is -0.913. The van der Waals surface area contributed by atoms with E-state index in [4.69, 9.17) is 0 Å². The molecule has 17 N–H and O–H groups in total. The third kappa shape index (κ3) is 26.3. The molecule has 0 saturated carbocycles. The topological polar surface area (TPSA) is 485 Å². The number of carbonyl (C=O) groups is 12. The number of carbonyl (C=O) groups excluding carboxylic acids is 12. The second-order valence-electron chi connectivity index (χ2n) is 30.0. The number of aliphatic hydroxyl groups is 7. The number of amides is 12. The molecule has 12 amide bonds. The fourth-order valence-electron chi connectivity index (χ4n) is 14.5. The minimum atomic E-state index is -2.41. The Morgan fingerprint density at radius 2 is 1.30 bits per heavy atom. The molecule has 2 aromatic rings. The summed E-state index contributed by atoms with van der Waals surface area (Å²) in [5.74, 6) is -9.69. The SMILES string of the molecule is CCC(C)[C@H](NC(=O)[C@H](CCSC)NC=O)C(=O)N[C@@H](Cc1ccccc1)C(=O)N[C@H]1CC(C)N(CC[C@@H](O)[C@@H]2NC(=O)[C@H]([C@H](O)[C@@H](O)c3ccc(O)cc3)NC(=O)[C@@H]3C[C@@H](O)CN3C(=O)[C@H]([C@@H](C)O)NC(=O)[C@@H](NC(=O)CCCCCCCC[C@@H](C)C[C@@H](C)CC)C[C@@H](O)CNC(=O)[C@@H]3[C@@H](O)CCN3C2=O)C1=O. The van der Waals surface area contributed by atoms with E-state index in [9.17, 15) is 88.8 Å². The molecule has 0 radical (unpaired) electrons. The number of fused-ring (bicyclic) bond motifs is 2. The van der Waals surface area contributed by atoms with Gasteiger partial charge in [0.2, 0.25) is 71.4 Å². The van der Waals surface area contributed by atoms with Crippen molar-refractivity contribution in [2.24, 2.45) is 17.8 Å². The fraction of sp³-hybridized carbons (Fsp3) is 0.684. The number of β-amino-alcohol motifs (C(OH)–C–C–N with tert-alkyl or cyclic N) is 1. The standard InChI is InChI=1S/C76H118N12O20S/c1-9-42(3)34-43(4)20-16-13-11-12-14-19-23-59(96)79-54-37-50(92)39-77-73(105)64-58(95)29-32-87(64)76(108)62(84-72(104)63(66(98)65(97)48-24-26-49(91)27-25-48)85-70(102)56-38-51(93)40-88(56)75(107)61(46(7)90)83-69(54)101)57(94)28-31-86-45(6)35-55(74(86)106)81-68(100)53(36-47-21-17-15-18-22-47)80-71(103)60(44(5)10-2)82-67(99)52(78-41-89)30-33-109-8/h15,17-18,21-22,24-27,41-46,50-58,60-66,90-95,97-98H,9-14,16,19-20,23,28-40H2,1-8H3,(H,77,105)(H,78,89)(H,79,96)(H,80,103)(H,81,100)(H,82,99)(H,83,101)(H,84,104)(H,85,102)/t42-,43+,44?,45?,46+,50+,51+,52-,53-,54-,55-,56-,57+,58-,60-,61-,62-,63-,64-,65-,66-/m0/s1. The molecule has 0 aliphatic carbocycles. The number of phenolic OH excluding ortho intramolecular Hbond substituents is 1. The maximum atomic E-state index is 15.3. The Bertz CT molecular complexity index is 3350. The lowest BCUT2D eigenvalue weighted by Gasteiger charge is -2.35. The maximum absolute atomic E-state index is 15.3. The van der Waals surface area contributed by atoms with Crippen LogP contribution in [-0.2, 0) is 64.0 Å². The molecule has 4 fully saturated rings. The molecule has 6 rings (SSSR count). The first-order valence-electron chi connectivity index (χ1n) is 38.4. The van der Waals surface area contributed by atoms with Crippen molar-refractivity contribution < 1.29 is 98.4 Å². The molecule has 4 heterocycles. The molecule has 21 atom stereocenters. The number of aliphatic hydroxyl groups excluding tert-OH is 7. The van der Waals surface area contributed by atoms with Crippen molar-refractivity contribution in [1.29, 1.82) is 0 Å². The quantitative estimate of drug-likeness (QED) is 0.0290. The van der Waals surface area contributed by atoms with Crippen LogP contribution in [0, 0.1) is 17.8 Å². The van der Waals surface area contributed by atoms with E-state index in [2.05, 4.69) is 68.6 Å². The van der Waals surface area contributed by atoms with E-state index in [0.29, 0.717) is 48.8 Å². The minimum absolute atomic E-state index is 0.0280. The van der Waals surface area contributed by atoms with Crippen LogP contribution in [0.15, 0.2) is 54.6 Å². The summed E-state index contributed by atoms with van der Waals surface area (Å²) >= 11 is 1.45. The van der Waals surface area contributed by atoms with Crippen LogP contribution in [0.4, 0.5) is 0 Å². The Kier molecular flexibility index (Phi) is 36.4. The Balaban J connectivity index is 1.29. The van der Waals surface area contributed by atoms with Crippen LogP contribution in [0.3, 0.4) is 0 Å². The number of unbranched alkanes of at least 4 members (excludes halogenated alkanes) is 5. The summed E-state index contributed by atoms with van der Waals surface area (Å²) in [6, 6.07) is -3.89. The zero-order valence-electron chi connectivity index (χ0n) is 63.9. The summed E-state index contributed by atoms with van der Waals surface area (Å²) in [4.78, 5) is 174. The van der Waals surface area contributed by atoms with Crippen molar-refractivity contribution in [3.63, 3.8) is 0 Å². The van der Waals surface area contributed by atoms with Crippen molar-refractivity contribution in [1.82, 2.24) is 62.6 Å². The monoisotopic (exact) mass is 1550 g/mol. The van der Waals surface area contributed by atoms with E-state index in [1.807, 2.05) is 6.26 Å². The highest BCUT2D eigenvalue weighted by atomic mass is 32.2. The molecule has 32 nitrogen and oxygen atoms in total. The number of benzene rings is 2. The van der Waals surface area contributed by atoms with Gasteiger partial charge in [-0.2, -0.15) is 11.8 Å². The number of thioether (sulfide) groups is 1. The smallest absolute Gasteiger partial charge is 0.248 e. The molecule has 4 saturated heterocycles. The van der Waals surface area contributed by atoms with E-state index in [-0.39, 0.29) is 43.4 Å². The summed E-state index contributed by atoms with van der Waals surface area (Å²) < 4.78 is 0. The van der Waals surface area contributed by atoms with E-state index >= 15 is 9.59 Å². The number of nitrogens with one attached hydrogen (secondary N) is 9. The maximum Gasteiger partial charge on any atom is 0.248 e. The third-order valence-corrected chi connectivity index (χ3v) is 22.0. The Morgan fingerprint density at radius 1 is 0.651 bits per heavy atom. The minimum Gasteiger partial charge on any atom is -0.508 e. The second kappa shape index (κ2) is 44.1. The molecule has 608 valence electrons. The van der Waals surface area contributed by atoms with Gasteiger partial charge in [0.25, 0.3) is 0 Å². The highest BCUT2D eigenvalue weighted by Crippen LogP contribution is 2.29. The van der Waals surface area contributed by atoms with E-state index < -0.39 is 226 Å². The largest absolute Gasteiger partial charge is 0.508 e. The Labute approximate surface area is 641 Å². The van der Waals surface area contributed by atoms with Crippen LogP contribution in [-0.4, -0.2) is 268 Å². The number of aromatic hydroxyl groups is 1. The summed E-state index contributed by atoms with van der Waals surface area (Å²) in [7, 11) is 0. The molecule has 4 aliphatic rings. The first-order valence-corrected chi connectivity index (χ1v) is 39.8. The number of hydrogen-bond donors (Lipinski definition) is 17. The normalized spacial score (nSPS) is 26.1. The molecule has 109 heavy (non-hydrogen) atoms. The number of nitrogens with zero attached hydrogens (tertiary/aromatic N) is 3. The lowest BCUT2D eigenvalue weighted by Crippen LogP contribution is -2.64. The van der Waals surface area contributed by atoms with Crippen molar-refractivity contribution in [3.05, 3.63) is 65.7 Å². The zero-order valence-corrected chi connectivity index (χ0v) is 64.7. The molecule has 2 unspecified atom stereocenters. The van der Waals surface area contributed by atoms with Gasteiger partial charge in [0, 0.05) is 57.9 Å². The van der Waals surface area contributed by atoms with E-state index in [1.165, 1.54) is 35.2 Å². The van der Waals surface area contributed by atoms with Crippen molar-refractivity contribution in [2.45, 2.75) is 273 Å². The Morgan fingerprint density at radius 3 is 1.95 bits per heavy atom. The van der Waals surface area contributed by atoms with E-state index in [1.54, 1.807) is 51.1 Å². The van der Waals surface area contributed by atoms with Crippen LogP contribution in [0.2, 0.25) is 0 Å². The van der Waals surface area contributed by atoms with Crippen LogP contribution in [0.1, 0.15) is 175 Å². The number of rotatable bonds is 36. The van der Waals surface area contributed by atoms with Crippen LogP contribution < -0.4 is 47.9 Å². The van der Waals surface area contributed by atoms with E-state index in [0.717, 1.165) is 67.4 Å². The molecule has 4 aliphatic heterocycles. The van der Waals surface area contributed by atoms with Crippen molar-refractivity contribution >= 4 is 83.2 Å². The lowest BCUT2D eigenvalue weighted by molar-refractivity contribution is -0.148. The molecule has 33 heteroatoms. The van der Waals surface area contributed by atoms with Gasteiger partial charge in [0.1, 0.15) is 78.4 Å². The summed E-state index contributed by atoms with van der Waals surface area (Å²) in [5, 5.41) is 115. The fourth-order valence-corrected chi connectivity index (χ4v) is 15.0. The highest BCUT2D eigenvalue weighted by Gasteiger charge is 2.50. The first-order chi connectivity index (χ1) is 51.8. The highest BCUT2D eigenvalue weighted by molar-refractivity contribution is 7.98. The van der Waals surface area contributed by atoms with Crippen LogP contribution >= 0.6 is 11.8 Å². The summed E-state index contributed by atoms with van der Waals surface area (Å²) in [6.45, 7) is 10.9. The van der Waals surface area contributed by atoms with Gasteiger partial charge in [0.05, 0.1) is 30.5 Å². The molecule has 0 spiro atoms. The van der Waals surface area contributed by atoms with Crippen LogP contribution in [0.25, 0.3) is 0 Å². The van der Waals surface area contributed by atoms with Gasteiger partial charge in [0.15, 0.2) is 0 Å². The van der Waals surface area contributed by atoms with Gasteiger partial charge >= 0.3 is 0 Å². The van der Waals surface area contributed by atoms with Gasteiger partial charge in [-0.3, -0.25) is 57.5 Å².